The van der Waals surface area contributed by atoms with Gasteiger partial charge in [-0.1, -0.05) is 36.7 Å². The summed E-state index contributed by atoms with van der Waals surface area (Å²) in [5, 5.41) is 1.55. The number of halogens is 1. The number of fused-ring (bicyclic) bond motifs is 3. The second kappa shape index (κ2) is 13.2. The maximum absolute atomic E-state index is 11.4. The van der Waals surface area contributed by atoms with Crippen LogP contribution in [0.15, 0.2) is 94.9 Å². The highest BCUT2D eigenvalue weighted by Crippen LogP contribution is 2.41. The fourth-order valence-electron chi connectivity index (χ4n) is 5.66. The van der Waals surface area contributed by atoms with Gasteiger partial charge >= 0.3 is 5.89 Å². The zero-order valence-corrected chi connectivity index (χ0v) is 27.7. The molecule has 47 heavy (non-hydrogen) atoms. The number of ether oxygens (including phenoxy) is 1. The summed E-state index contributed by atoms with van der Waals surface area (Å²) in [7, 11) is -8.82. The Balaban J connectivity index is 1.40. The zero-order chi connectivity index (χ0) is 33.3. The van der Waals surface area contributed by atoms with Crippen LogP contribution in [0.5, 0.6) is 5.75 Å². The Kier molecular flexibility index (Phi) is 9.18. The normalized spacial score (nSPS) is 14.8. The first-order chi connectivity index (χ1) is 22.4. The molecule has 0 bridgehead atoms. The molecule has 3 heterocycles. The molecule has 3 aromatic carbocycles. The predicted octanol–water partition coefficient (Wildman–Crippen LogP) is 5.72. The summed E-state index contributed by atoms with van der Waals surface area (Å²) in [5.74, 6) is 0.339. The van der Waals surface area contributed by atoms with Crippen molar-refractivity contribution in [1.82, 2.24) is 4.57 Å². The number of hydrogen-bond donors (Lipinski definition) is 0. The lowest BCUT2D eigenvalue weighted by molar-refractivity contribution is -0.677. The van der Waals surface area contributed by atoms with E-state index in [4.69, 9.17) is 20.8 Å². The van der Waals surface area contributed by atoms with Crippen molar-refractivity contribution < 1.29 is 39.7 Å². The average molecular weight is 697 g/mol. The minimum absolute atomic E-state index is 0.0782. The number of para-hydroxylation sites is 1. The molecule has 6 rings (SSSR count). The maximum atomic E-state index is 11.4. The van der Waals surface area contributed by atoms with Gasteiger partial charge < -0.3 is 27.7 Å². The van der Waals surface area contributed by atoms with Crippen molar-refractivity contribution in [1.29, 1.82) is 0 Å². The number of benzene rings is 3. The van der Waals surface area contributed by atoms with Crippen molar-refractivity contribution >= 4 is 65.6 Å². The van der Waals surface area contributed by atoms with Gasteiger partial charge in [0.2, 0.25) is 11.5 Å². The first-order valence-electron chi connectivity index (χ1n) is 15.0. The largest absolute Gasteiger partial charge is 0.748 e. The molecule has 5 aromatic rings. The SMILES string of the molecule is CCC(/C=C1\Oc2ccc(Cl)cc2N1CCCS(=O)(=O)[O-])=C\c1oc2ccc(-n3ccc4ccccc43)cc2[n+]1CCCS(=O)(=O)[O-]. The van der Waals surface area contributed by atoms with Crippen molar-refractivity contribution in [2.75, 3.05) is 23.0 Å². The fraction of sp³-hybridized carbons (Fsp3) is 0.242. The number of hydrogen-bond acceptors (Lipinski definition) is 9. The van der Waals surface area contributed by atoms with Crippen molar-refractivity contribution in [3.05, 3.63) is 101 Å². The van der Waals surface area contributed by atoms with Gasteiger partial charge in [-0.25, -0.2) is 16.8 Å². The Labute approximate surface area is 277 Å². The second-order valence-electron chi connectivity index (χ2n) is 11.1. The molecular weight excluding hydrogens is 666 g/mol. The molecule has 0 radical (unpaired) electrons. The third kappa shape index (κ3) is 7.55. The van der Waals surface area contributed by atoms with E-state index < -0.39 is 31.7 Å². The summed E-state index contributed by atoms with van der Waals surface area (Å²) in [6, 6.07) is 20.9. The Bertz CT molecular complexity index is 2260. The highest BCUT2D eigenvalue weighted by molar-refractivity contribution is 7.85. The van der Waals surface area contributed by atoms with Gasteiger partial charge in [0.15, 0.2) is 12.3 Å². The van der Waals surface area contributed by atoms with E-state index in [1.54, 1.807) is 29.2 Å². The zero-order valence-electron chi connectivity index (χ0n) is 25.3. The van der Waals surface area contributed by atoms with E-state index in [1.807, 2.05) is 72.3 Å². The second-order valence-corrected chi connectivity index (χ2v) is 14.6. The Morgan fingerprint density at radius 2 is 1.72 bits per heavy atom. The molecule has 0 aliphatic carbocycles. The van der Waals surface area contributed by atoms with Crippen LogP contribution in [-0.4, -0.2) is 48.6 Å². The van der Waals surface area contributed by atoms with Crippen LogP contribution < -0.4 is 14.2 Å². The van der Waals surface area contributed by atoms with Crippen LogP contribution in [0.4, 0.5) is 5.69 Å². The van der Waals surface area contributed by atoms with Crippen molar-refractivity contribution in [2.24, 2.45) is 0 Å². The molecular formula is C33H31ClN3O8S2-. The first-order valence-corrected chi connectivity index (χ1v) is 18.5. The fourth-order valence-corrected chi connectivity index (χ4v) is 6.79. The molecule has 11 nitrogen and oxygen atoms in total. The minimum atomic E-state index is -4.42. The van der Waals surface area contributed by atoms with Crippen molar-refractivity contribution in [3.8, 4) is 11.4 Å². The summed E-state index contributed by atoms with van der Waals surface area (Å²) in [6.07, 6.45) is 6.31. The Morgan fingerprint density at radius 3 is 2.49 bits per heavy atom. The van der Waals surface area contributed by atoms with E-state index in [2.05, 4.69) is 4.57 Å². The summed E-state index contributed by atoms with van der Waals surface area (Å²) >= 11 is 6.25. The summed E-state index contributed by atoms with van der Waals surface area (Å²) in [4.78, 5) is 1.77. The summed E-state index contributed by atoms with van der Waals surface area (Å²) in [6.45, 7) is 2.35. The van der Waals surface area contributed by atoms with Gasteiger partial charge in [-0.15, -0.1) is 0 Å². The van der Waals surface area contributed by atoms with Gasteiger partial charge in [0.05, 0.1) is 43.2 Å². The molecule has 0 N–H and O–H groups in total. The van der Waals surface area contributed by atoms with E-state index in [9.17, 15) is 25.9 Å². The summed E-state index contributed by atoms with van der Waals surface area (Å²) < 4.78 is 84.5. The predicted molar refractivity (Wildman–Crippen MR) is 177 cm³/mol. The molecule has 0 amide bonds. The molecule has 0 saturated heterocycles. The molecule has 0 spiro atoms. The molecule has 246 valence electrons. The van der Waals surface area contributed by atoms with Crippen LogP contribution in [0.1, 0.15) is 32.1 Å². The van der Waals surface area contributed by atoms with E-state index in [0.717, 1.165) is 27.7 Å². The van der Waals surface area contributed by atoms with E-state index >= 15 is 0 Å². The van der Waals surface area contributed by atoms with Gasteiger partial charge in [0.25, 0.3) is 5.52 Å². The lowest BCUT2D eigenvalue weighted by atomic mass is 10.1. The lowest BCUT2D eigenvalue weighted by Gasteiger charge is -2.19. The molecule has 0 saturated carbocycles. The molecule has 1 aliphatic rings. The maximum Gasteiger partial charge on any atom is 0.374 e. The van der Waals surface area contributed by atoms with Crippen LogP contribution in [0.2, 0.25) is 5.02 Å². The monoisotopic (exact) mass is 696 g/mol. The number of allylic oxidation sites excluding steroid dienone is 2. The minimum Gasteiger partial charge on any atom is -0.748 e. The Morgan fingerprint density at radius 1 is 0.957 bits per heavy atom. The first kappa shape index (κ1) is 32.8. The molecule has 0 atom stereocenters. The smallest absolute Gasteiger partial charge is 0.374 e. The third-order valence-electron chi connectivity index (χ3n) is 7.86. The number of rotatable bonds is 12. The Hall–Kier alpha value is -4.14. The highest BCUT2D eigenvalue weighted by Gasteiger charge is 2.28. The highest BCUT2D eigenvalue weighted by atomic mass is 35.5. The molecule has 2 aromatic heterocycles. The number of anilines is 1. The van der Waals surface area contributed by atoms with Crippen LogP contribution in [-0.2, 0) is 26.8 Å². The van der Waals surface area contributed by atoms with Crippen molar-refractivity contribution in [3.63, 3.8) is 0 Å². The van der Waals surface area contributed by atoms with E-state index in [0.29, 0.717) is 40.2 Å². The molecule has 14 heteroatoms. The number of oxazole rings is 1. The lowest BCUT2D eigenvalue weighted by Crippen LogP contribution is -2.36. The van der Waals surface area contributed by atoms with Crippen LogP contribution in [0, 0.1) is 0 Å². The number of aromatic nitrogens is 2. The third-order valence-corrected chi connectivity index (χ3v) is 9.67. The topological polar surface area (TPSA) is 149 Å². The van der Waals surface area contributed by atoms with Gasteiger partial charge in [-0.3, -0.25) is 0 Å². The molecule has 0 fully saturated rings. The van der Waals surface area contributed by atoms with E-state index in [-0.39, 0.29) is 25.9 Å². The van der Waals surface area contributed by atoms with Gasteiger partial charge in [-0.05, 0) is 66.3 Å². The average Bonchev–Trinajstić information content (AvgIpc) is 3.69. The number of nitrogens with zero attached hydrogens (tertiary/aromatic N) is 3. The van der Waals surface area contributed by atoms with Crippen LogP contribution >= 0.6 is 11.6 Å². The molecule has 1 aliphatic heterocycles. The van der Waals surface area contributed by atoms with Gasteiger partial charge in [0, 0.05) is 47.8 Å². The van der Waals surface area contributed by atoms with Gasteiger partial charge in [-0.2, -0.15) is 4.57 Å². The van der Waals surface area contributed by atoms with Gasteiger partial charge in [0.1, 0.15) is 0 Å². The van der Waals surface area contributed by atoms with Crippen LogP contribution in [0.3, 0.4) is 0 Å². The number of aryl methyl sites for hydroxylation is 1. The quantitative estimate of drug-likeness (QED) is 0.118. The standard InChI is InChI=1S/C33H32ClN3O8S2/c1-2-23(19-32-36(14-5-17-46(38,39)40)28-21-25(34)9-11-30(28)44-32)20-33-37(15-6-18-47(41,42)43)29-22-26(10-12-31(29)45-33)35-16-13-24-7-3-4-8-27(24)35/h3-4,7-13,16,19-22H,2,5-6,14-15,17-18H2,1H3,(H-,38,39,40,41,42,43)/p-1. The summed E-state index contributed by atoms with van der Waals surface area (Å²) in [5.41, 5.74) is 4.62. The van der Waals surface area contributed by atoms with E-state index in [1.165, 1.54) is 0 Å². The van der Waals surface area contributed by atoms with Crippen molar-refractivity contribution in [2.45, 2.75) is 32.7 Å². The molecule has 0 unspecified atom stereocenters. The van der Waals surface area contributed by atoms with Crippen LogP contribution in [0.25, 0.3) is 33.8 Å².